The maximum Gasteiger partial charge on any atom is 0.277 e. The molecule has 1 heterocycles. The summed E-state index contributed by atoms with van der Waals surface area (Å²) in [5.41, 5.74) is 0.158. The van der Waals surface area contributed by atoms with E-state index in [2.05, 4.69) is 5.32 Å². The van der Waals surface area contributed by atoms with E-state index in [4.69, 9.17) is 11.6 Å². The molecule has 0 bridgehead atoms. The molecule has 0 unspecified atom stereocenters. The van der Waals surface area contributed by atoms with Gasteiger partial charge in [0.05, 0.1) is 27.5 Å². The number of carbonyl (C=O) groups is 2. The van der Waals surface area contributed by atoms with E-state index >= 15 is 0 Å². The zero-order valence-corrected chi connectivity index (χ0v) is 17.6. The first-order chi connectivity index (χ1) is 15.7. The predicted octanol–water partition coefficient (Wildman–Crippen LogP) is 4.34. The number of non-ortho nitro benzene ring substituents is 2. The molecule has 0 fully saturated rings. The lowest BCUT2D eigenvalue weighted by Crippen LogP contribution is -2.39. The summed E-state index contributed by atoms with van der Waals surface area (Å²) in [6.45, 7) is -0.388. The number of amides is 2. The SMILES string of the molecule is O=C1CN(C(=O)c2cc([N+](=O)[O-])cc([N+](=O)[O-])c2)[C@H](c2ccccc2)c2cc(Cl)ccc2N1. The minimum Gasteiger partial charge on any atom is -0.324 e. The fourth-order valence-electron chi connectivity index (χ4n) is 3.76. The number of nitro groups is 2. The number of hydrogen-bond acceptors (Lipinski definition) is 6. The van der Waals surface area contributed by atoms with E-state index < -0.39 is 39.1 Å². The Hall–Kier alpha value is -4.31. The molecule has 0 aromatic heterocycles. The van der Waals surface area contributed by atoms with E-state index in [1.165, 1.54) is 4.90 Å². The van der Waals surface area contributed by atoms with Crippen LogP contribution in [0.2, 0.25) is 5.02 Å². The number of halogens is 1. The van der Waals surface area contributed by atoms with Gasteiger partial charge in [0.25, 0.3) is 17.3 Å². The third kappa shape index (κ3) is 4.37. The van der Waals surface area contributed by atoms with Gasteiger partial charge in [-0.05, 0) is 23.8 Å². The Bertz CT molecular complexity index is 1270. The van der Waals surface area contributed by atoms with Crippen molar-refractivity contribution in [2.24, 2.45) is 0 Å². The van der Waals surface area contributed by atoms with E-state index in [1.807, 2.05) is 0 Å². The van der Waals surface area contributed by atoms with Crippen molar-refractivity contribution in [1.82, 2.24) is 4.90 Å². The van der Waals surface area contributed by atoms with Gasteiger partial charge in [0.2, 0.25) is 5.91 Å². The van der Waals surface area contributed by atoms with E-state index in [0.717, 1.165) is 18.2 Å². The van der Waals surface area contributed by atoms with Crippen molar-refractivity contribution in [2.75, 3.05) is 11.9 Å². The summed E-state index contributed by atoms with van der Waals surface area (Å²) in [5.74, 6) is -1.27. The fourth-order valence-corrected chi connectivity index (χ4v) is 3.94. The van der Waals surface area contributed by atoms with Crippen LogP contribution in [0.3, 0.4) is 0 Å². The van der Waals surface area contributed by atoms with Crippen LogP contribution in [0.1, 0.15) is 27.5 Å². The maximum atomic E-state index is 13.6. The first-order valence-corrected chi connectivity index (χ1v) is 10.0. The molecule has 3 aromatic rings. The topological polar surface area (TPSA) is 136 Å². The molecule has 1 N–H and O–H groups in total. The van der Waals surface area contributed by atoms with Crippen LogP contribution < -0.4 is 5.32 Å². The molecule has 0 saturated carbocycles. The van der Waals surface area contributed by atoms with Crippen LogP contribution in [0.15, 0.2) is 66.7 Å². The zero-order chi connectivity index (χ0) is 23.7. The summed E-state index contributed by atoms with van der Waals surface area (Å²) in [5, 5.41) is 25.7. The number of carbonyl (C=O) groups excluding carboxylic acids is 2. The predicted molar refractivity (Wildman–Crippen MR) is 119 cm³/mol. The minimum atomic E-state index is -0.817. The highest BCUT2D eigenvalue weighted by atomic mass is 35.5. The van der Waals surface area contributed by atoms with Crippen LogP contribution in [0, 0.1) is 20.2 Å². The van der Waals surface area contributed by atoms with Crippen LogP contribution in [0.4, 0.5) is 17.1 Å². The first kappa shape index (κ1) is 21.9. The monoisotopic (exact) mass is 466 g/mol. The van der Waals surface area contributed by atoms with Gasteiger partial charge in [-0.1, -0.05) is 41.9 Å². The summed E-state index contributed by atoms with van der Waals surface area (Å²) in [4.78, 5) is 48.4. The van der Waals surface area contributed by atoms with Gasteiger partial charge in [-0.2, -0.15) is 0 Å². The molecule has 1 aliphatic rings. The second-order valence-corrected chi connectivity index (χ2v) is 7.71. The smallest absolute Gasteiger partial charge is 0.277 e. The molecule has 33 heavy (non-hydrogen) atoms. The summed E-state index contributed by atoms with van der Waals surface area (Å²) >= 11 is 6.21. The van der Waals surface area contributed by atoms with Gasteiger partial charge in [-0.15, -0.1) is 0 Å². The lowest BCUT2D eigenvalue weighted by Gasteiger charge is -2.30. The standard InChI is InChI=1S/C22H15ClN4O6/c23-15-6-7-19-18(10-15)21(13-4-2-1-3-5-13)25(12-20(28)24-19)22(29)14-8-16(26(30)31)11-17(9-14)27(32)33/h1-11,21H,12H2,(H,24,28)/t21-/m1/s1. The Morgan fingerprint density at radius 2 is 1.61 bits per heavy atom. The maximum absolute atomic E-state index is 13.6. The molecule has 10 nitrogen and oxygen atoms in total. The van der Waals surface area contributed by atoms with Crippen molar-refractivity contribution >= 4 is 40.5 Å². The highest BCUT2D eigenvalue weighted by Crippen LogP contribution is 2.38. The zero-order valence-electron chi connectivity index (χ0n) is 16.8. The quantitative estimate of drug-likeness (QED) is 0.448. The van der Waals surface area contributed by atoms with Crippen LogP contribution >= 0.6 is 11.6 Å². The van der Waals surface area contributed by atoms with Crippen LogP contribution in [0.25, 0.3) is 0 Å². The molecule has 0 saturated heterocycles. The van der Waals surface area contributed by atoms with E-state index in [1.54, 1.807) is 48.5 Å². The Balaban J connectivity index is 1.91. The number of fused-ring (bicyclic) bond motifs is 1. The molecule has 2 amide bonds. The molecule has 11 heteroatoms. The average Bonchev–Trinajstić information content (AvgIpc) is 2.94. The van der Waals surface area contributed by atoms with Crippen molar-refractivity contribution in [2.45, 2.75) is 6.04 Å². The lowest BCUT2D eigenvalue weighted by molar-refractivity contribution is -0.394. The number of nitrogens with one attached hydrogen (secondary N) is 1. The summed E-state index contributed by atoms with van der Waals surface area (Å²) in [7, 11) is 0. The van der Waals surface area contributed by atoms with Gasteiger partial charge in [0.1, 0.15) is 6.54 Å². The average molecular weight is 467 g/mol. The normalized spacial score (nSPS) is 15.2. The molecule has 1 aliphatic heterocycles. The number of nitrogens with zero attached hydrogens (tertiary/aromatic N) is 3. The van der Waals surface area contributed by atoms with Crippen LogP contribution in [-0.4, -0.2) is 33.1 Å². The van der Waals surface area contributed by atoms with Gasteiger partial charge < -0.3 is 10.2 Å². The summed E-state index contributed by atoms with van der Waals surface area (Å²) in [6.07, 6.45) is 0. The van der Waals surface area contributed by atoms with Gasteiger partial charge in [0, 0.05) is 28.4 Å². The Morgan fingerprint density at radius 3 is 2.21 bits per heavy atom. The van der Waals surface area contributed by atoms with Gasteiger partial charge in [-0.25, -0.2) is 0 Å². The van der Waals surface area contributed by atoms with Crippen molar-refractivity contribution in [1.29, 1.82) is 0 Å². The van der Waals surface area contributed by atoms with E-state index in [-0.39, 0.29) is 12.1 Å². The van der Waals surface area contributed by atoms with Crippen molar-refractivity contribution < 1.29 is 19.4 Å². The summed E-state index contributed by atoms with van der Waals surface area (Å²) in [6, 6.07) is 15.6. The number of anilines is 1. The van der Waals surface area contributed by atoms with E-state index in [0.29, 0.717) is 21.8 Å². The molecule has 3 aromatic carbocycles. The molecule has 1 atom stereocenters. The third-order valence-corrected chi connectivity index (χ3v) is 5.39. The summed E-state index contributed by atoms with van der Waals surface area (Å²) < 4.78 is 0. The van der Waals surface area contributed by atoms with Crippen molar-refractivity contribution in [3.05, 3.63) is 109 Å². The molecule has 0 radical (unpaired) electrons. The van der Waals surface area contributed by atoms with Gasteiger partial charge in [0.15, 0.2) is 0 Å². The molecule has 166 valence electrons. The third-order valence-electron chi connectivity index (χ3n) is 5.16. The van der Waals surface area contributed by atoms with Gasteiger partial charge >= 0.3 is 0 Å². The Morgan fingerprint density at radius 1 is 0.970 bits per heavy atom. The number of nitro benzene ring substituents is 2. The second kappa shape index (κ2) is 8.67. The lowest BCUT2D eigenvalue weighted by atomic mass is 9.95. The van der Waals surface area contributed by atoms with E-state index in [9.17, 15) is 29.8 Å². The van der Waals surface area contributed by atoms with Crippen LogP contribution in [0.5, 0.6) is 0 Å². The molecular weight excluding hydrogens is 452 g/mol. The van der Waals surface area contributed by atoms with Crippen molar-refractivity contribution in [3.8, 4) is 0 Å². The number of hydrogen-bond donors (Lipinski definition) is 1. The molecule has 4 rings (SSSR count). The highest BCUT2D eigenvalue weighted by Gasteiger charge is 2.35. The Kier molecular flexibility index (Phi) is 5.76. The number of benzene rings is 3. The number of rotatable bonds is 4. The largest absolute Gasteiger partial charge is 0.324 e. The Labute approximate surface area is 191 Å². The minimum absolute atomic E-state index is 0.282. The fraction of sp³-hybridized carbons (Fsp3) is 0.0909. The second-order valence-electron chi connectivity index (χ2n) is 7.28. The molecular formula is C22H15ClN4O6. The molecule has 0 aliphatic carbocycles. The van der Waals surface area contributed by atoms with Crippen molar-refractivity contribution in [3.63, 3.8) is 0 Å². The highest BCUT2D eigenvalue weighted by molar-refractivity contribution is 6.30. The first-order valence-electron chi connectivity index (χ1n) is 9.63. The van der Waals surface area contributed by atoms with Crippen LogP contribution in [-0.2, 0) is 4.79 Å². The molecule has 0 spiro atoms. The van der Waals surface area contributed by atoms with Gasteiger partial charge in [-0.3, -0.25) is 29.8 Å².